The fourth-order valence-electron chi connectivity index (χ4n) is 1.08. The molecule has 13 heavy (non-hydrogen) atoms. The van der Waals surface area contributed by atoms with Crippen molar-refractivity contribution in [3.63, 3.8) is 0 Å². The molecule has 0 saturated heterocycles. The molecule has 0 N–H and O–H groups in total. The van der Waals surface area contributed by atoms with Gasteiger partial charge in [0, 0.05) is 11.3 Å². The van der Waals surface area contributed by atoms with Crippen LogP contribution in [0.3, 0.4) is 0 Å². The summed E-state index contributed by atoms with van der Waals surface area (Å²) in [6.07, 6.45) is 1.74. The molecule has 0 aliphatic carbocycles. The summed E-state index contributed by atoms with van der Waals surface area (Å²) in [5.74, 6) is 1.08. The van der Waals surface area contributed by atoms with Crippen molar-refractivity contribution in [2.75, 3.05) is 0 Å². The van der Waals surface area contributed by atoms with Crippen LogP contribution in [0, 0.1) is 0 Å². The van der Waals surface area contributed by atoms with Crippen molar-refractivity contribution in [2.24, 2.45) is 4.99 Å². The summed E-state index contributed by atoms with van der Waals surface area (Å²) in [4.78, 5) is 8.21. The lowest BCUT2D eigenvalue weighted by Crippen LogP contribution is -1.92. The van der Waals surface area contributed by atoms with Crippen LogP contribution in [0.5, 0.6) is 0 Å². The van der Waals surface area contributed by atoms with Gasteiger partial charge in [-0.25, -0.2) is 9.98 Å². The summed E-state index contributed by atoms with van der Waals surface area (Å²) in [5, 5.41) is 0. The molecule has 2 nitrogen and oxygen atoms in total. The largest absolute Gasteiger partial charge is 0.245 e. The average Bonchev–Trinajstić information content (AvgIpc) is 2.16. The molecule has 1 aromatic heterocycles. The Morgan fingerprint density at radius 2 is 2.15 bits per heavy atom. The van der Waals surface area contributed by atoms with Gasteiger partial charge in [0.2, 0.25) is 0 Å². The highest BCUT2D eigenvalue weighted by molar-refractivity contribution is 5.61. The van der Waals surface area contributed by atoms with Crippen molar-refractivity contribution in [1.82, 2.24) is 4.98 Å². The molecule has 68 valence electrons. The first kappa shape index (κ1) is 9.65. The molecule has 0 aliphatic heterocycles. The molecule has 0 aromatic carbocycles. The molecule has 0 aliphatic rings. The lowest BCUT2D eigenvalue weighted by Gasteiger charge is -2.06. The van der Waals surface area contributed by atoms with Crippen molar-refractivity contribution in [3.05, 3.63) is 30.0 Å². The minimum absolute atomic E-state index is 0.416. The lowest BCUT2D eigenvalue weighted by molar-refractivity contribution is 0.823. The van der Waals surface area contributed by atoms with Crippen molar-refractivity contribution < 1.29 is 0 Å². The van der Waals surface area contributed by atoms with Crippen LogP contribution >= 0.6 is 0 Å². The third-order valence-corrected chi connectivity index (χ3v) is 1.89. The highest BCUT2D eigenvalue weighted by Crippen LogP contribution is 2.21. The third kappa shape index (κ3) is 2.02. The Bertz CT molecular complexity index is 327. The minimum atomic E-state index is 0.416. The van der Waals surface area contributed by atoms with Crippen LogP contribution in [0.4, 0.5) is 5.82 Å². The second-order valence-electron chi connectivity index (χ2n) is 3.17. The number of aliphatic imine (C=N–C) groups is 1. The molecule has 0 atom stereocenters. The number of aromatic nitrogens is 1. The maximum Gasteiger partial charge on any atom is 0.158 e. The van der Waals surface area contributed by atoms with Crippen molar-refractivity contribution in [2.45, 2.75) is 19.8 Å². The maximum atomic E-state index is 4.36. The molecular weight excluding hydrogens is 160 g/mol. The normalized spacial score (nSPS) is 10.1. The van der Waals surface area contributed by atoms with Gasteiger partial charge < -0.3 is 0 Å². The Morgan fingerprint density at radius 3 is 2.62 bits per heavy atom. The van der Waals surface area contributed by atoms with E-state index in [9.17, 15) is 0 Å². The zero-order chi connectivity index (χ0) is 9.84. The van der Waals surface area contributed by atoms with E-state index in [0.717, 1.165) is 11.3 Å². The van der Waals surface area contributed by atoms with E-state index >= 15 is 0 Å². The highest BCUT2D eigenvalue weighted by atomic mass is 14.9. The van der Waals surface area contributed by atoms with Crippen molar-refractivity contribution >= 4 is 18.6 Å². The van der Waals surface area contributed by atoms with E-state index in [1.54, 1.807) is 6.08 Å². The Hall–Kier alpha value is -1.44. The predicted octanol–water partition coefficient (Wildman–Crippen LogP) is 3.18. The predicted molar refractivity (Wildman–Crippen MR) is 57.6 cm³/mol. The van der Waals surface area contributed by atoms with Gasteiger partial charge in [-0.3, -0.25) is 0 Å². The van der Waals surface area contributed by atoms with E-state index in [2.05, 4.69) is 37.1 Å². The Kier molecular flexibility index (Phi) is 2.96. The van der Waals surface area contributed by atoms with Crippen molar-refractivity contribution in [1.29, 1.82) is 0 Å². The summed E-state index contributed by atoms with van der Waals surface area (Å²) in [5.41, 5.74) is 1.97. The van der Waals surface area contributed by atoms with Crippen LogP contribution in [-0.4, -0.2) is 11.7 Å². The quantitative estimate of drug-likeness (QED) is 0.646. The van der Waals surface area contributed by atoms with E-state index in [1.165, 1.54) is 0 Å². The second kappa shape index (κ2) is 3.99. The summed E-state index contributed by atoms with van der Waals surface area (Å²) in [6.45, 7) is 11.4. The first-order valence-electron chi connectivity index (χ1n) is 4.29. The summed E-state index contributed by atoms with van der Waals surface area (Å²) >= 11 is 0. The summed E-state index contributed by atoms with van der Waals surface area (Å²) in [6, 6.07) is 3.97. The monoisotopic (exact) mass is 174 g/mol. The van der Waals surface area contributed by atoms with E-state index in [0.29, 0.717) is 11.7 Å². The fraction of sp³-hybridized carbons (Fsp3) is 0.273. The molecule has 0 radical (unpaired) electrons. The van der Waals surface area contributed by atoms with Gasteiger partial charge in [-0.1, -0.05) is 26.5 Å². The third-order valence-electron chi connectivity index (χ3n) is 1.89. The van der Waals surface area contributed by atoms with Gasteiger partial charge in [-0.15, -0.1) is 0 Å². The molecule has 0 bridgehead atoms. The molecule has 0 spiro atoms. The Labute approximate surface area is 79.0 Å². The molecular formula is C11H14N2. The number of hydrogen-bond donors (Lipinski definition) is 0. The van der Waals surface area contributed by atoms with Crippen LogP contribution in [0.2, 0.25) is 0 Å². The van der Waals surface area contributed by atoms with Crippen LogP contribution in [0.15, 0.2) is 23.7 Å². The SMILES string of the molecule is C=Cc1ccc(C(C)C)nc1N=C. The van der Waals surface area contributed by atoms with E-state index < -0.39 is 0 Å². The maximum absolute atomic E-state index is 4.36. The molecule has 1 aromatic rings. The van der Waals surface area contributed by atoms with Crippen LogP contribution < -0.4 is 0 Å². The molecule has 1 heterocycles. The van der Waals surface area contributed by atoms with Gasteiger partial charge in [0.1, 0.15) is 0 Å². The number of nitrogens with zero attached hydrogens (tertiary/aromatic N) is 2. The standard InChI is InChI=1S/C11H14N2/c1-5-9-6-7-10(8(2)3)13-11(9)12-4/h5-8H,1,4H2,2-3H3. The first-order chi connectivity index (χ1) is 6.19. The van der Waals surface area contributed by atoms with Gasteiger partial charge in [-0.2, -0.15) is 0 Å². The fourth-order valence-corrected chi connectivity index (χ4v) is 1.08. The Balaban J connectivity index is 3.20. The Morgan fingerprint density at radius 1 is 1.46 bits per heavy atom. The zero-order valence-corrected chi connectivity index (χ0v) is 8.12. The number of pyridine rings is 1. The molecule has 0 fully saturated rings. The van der Waals surface area contributed by atoms with E-state index in [1.807, 2.05) is 12.1 Å². The molecule has 0 amide bonds. The molecule has 1 rings (SSSR count). The van der Waals surface area contributed by atoms with Crippen molar-refractivity contribution in [3.8, 4) is 0 Å². The molecule has 0 unspecified atom stereocenters. The molecule has 2 heteroatoms. The average molecular weight is 174 g/mol. The lowest BCUT2D eigenvalue weighted by atomic mass is 10.1. The molecule has 0 saturated carbocycles. The summed E-state index contributed by atoms with van der Waals surface area (Å²) in [7, 11) is 0. The van der Waals surface area contributed by atoms with Gasteiger partial charge >= 0.3 is 0 Å². The number of rotatable bonds is 3. The summed E-state index contributed by atoms with van der Waals surface area (Å²) < 4.78 is 0. The smallest absolute Gasteiger partial charge is 0.158 e. The van der Waals surface area contributed by atoms with Crippen LogP contribution in [0.1, 0.15) is 31.0 Å². The van der Waals surface area contributed by atoms with Gasteiger partial charge in [0.05, 0.1) is 0 Å². The van der Waals surface area contributed by atoms with Gasteiger partial charge in [0.15, 0.2) is 5.82 Å². The highest BCUT2D eigenvalue weighted by Gasteiger charge is 2.04. The van der Waals surface area contributed by atoms with Gasteiger partial charge in [0.25, 0.3) is 0 Å². The van der Waals surface area contributed by atoms with Crippen LogP contribution in [-0.2, 0) is 0 Å². The number of hydrogen-bond acceptors (Lipinski definition) is 2. The minimum Gasteiger partial charge on any atom is -0.245 e. The van der Waals surface area contributed by atoms with E-state index in [4.69, 9.17) is 0 Å². The second-order valence-corrected chi connectivity index (χ2v) is 3.17. The van der Waals surface area contributed by atoms with E-state index in [-0.39, 0.29) is 0 Å². The first-order valence-corrected chi connectivity index (χ1v) is 4.29. The topological polar surface area (TPSA) is 25.2 Å². The zero-order valence-electron chi connectivity index (χ0n) is 8.12. The van der Waals surface area contributed by atoms with Crippen LogP contribution in [0.25, 0.3) is 6.08 Å². The van der Waals surface area contributed by atoms with Gasteiger partial charge in [-0.05, 0) is 24.8 Å².